The summed E-state index contributed by atoms with van der Waals surface area (Å²) in [6, 6.07) is 0. The van der Waals surface area contributed by atoms with Gasteiger partial charge in [0.25, 0.3) is 0 Å². The maximum Gasteiger partial charge on any atom is 3.00 e. The standard InChI is InChI=1S/3CH2O3.2Nd/c3*2-1(3)4;;/h3*(H2,2,3,4);;/q;;;2*+3/p-6. The smallest absolute Gasteiger partial charge is 0.652 e. The average Bonchev–Trinajstić information content (AvgIpc) is 1.54. The predicted molar refractivity (Wildman–Crippen MR) is 16.2 cm³/mol. The number of hydrogen-bond acceptors (Lipinski definition) is 9. The third-order valence-electron chi connectivity index (χ3n) is 0. The van der Waals surface area contributed by atoms with E-state index >= 15 is 0 Å². The van der Waals surface area contributed by atoms with Crippen LogP contribution in [0.25, 0.3) is 0 Å². The molecule has 0 aromatic heterocycles. The molecular formula is C3Nd2O9. The molecular weight excluding hydrogens is 469 g/mol. The van der Waals surface area contributed by atoms with Gasteiger partial charge in [-0.05, 0) is 18.5 Å². The summed E-state index contributed by atoms with van der Waals surface area (Å²) >= 11 is 0. The molecule has 11 heteroatoms. The van der Waals surface area contributed by atoms with E-state index in [1.54, 1.807) is 0 Å². The quantitative estimate of drug-likeness (QED) is 0.332. The van der Waals surface area contributed by atoms with E-state index in [1.807, 2.05) is 0 Å². The van der Waals surface area contributed by atoms with Crippen molar-refractivity contribution in [1.82, 2.24) is 0 Å². The van der Waals surface area contributed by atoms with Crippen molar-refractivity contribution >= 4 is 18.5 Å². The van der Waals surface area contributed by atoms with Crippen LogP contribution in [-0.2, 0) is 0 Å². The summed E-state index contributed by atoms with van der Waals surface area (Å²) in [7, 11) is 0. The zero-order chi connectivity index (χ0) is 10.7. The number of carbonyl (C=O) groups is 3. The van der Waals surface area contributed by atoms with E-state index in [0.29, 0.717) is 0 Å². The van der Waals surface area contributed by atoms with E-state index in [4.69, 9.17) is 45.0 Å². The van der Waals surface area contributed by atoms with Crippen molar-refractivity contribution in [3.8, 4) is 0 Å². The van der Waals surface area contributed by atoms with Crippen LogP contribution in [0.4, 0.5) is 14.4 Å². The Morgan fingerprint density at radius 2 is 0.500 bits per heavy atom. The second-order valence-electron chi connectivity index (χ2n) is 0.750. The minimum atomic E-state index is -2.33. The van der Waals surface area contributed by atoms with E-state index < -0.39 is 18.5 Å². The van der Waals surface area contributed by atoms with Crippen LogP contribution in [0.5, 0.6) is 0 Å². The van der Waals surface area contributed by atoms with Crippen LogP contribution in [0.1, 0.15) is 0 Å². The number of carboxylic acid groups (broad SMARTS) is 6. The van der Waals surface area contributed by atoms with Crippen LogP contribution in [0.15, 0.2) is 0 Å². The van der Waals surface area contributed by atoms with Gasteiger partial charge >= 0.3 is 81.7 Å². The fourth-order valence-electron chi connectivity index (χ4n) is 0. The molecule has 0 aromatic carbocycles. The van der Waals surface area contributed by atoms with Crippen LogP contribution >= 0.6 is 0 Å². The maximum absolute atomic E-state index is 8.33. The Hall–Kier alpha value is 0.511. The molecule has 0 aliphatic carbocycles. The third kappa shape index (κ3) is 6340. The SMILES string of the molecule is O=C([O-])[O-].O=C([O-])[O-].O=C([O-])[O-].[Nd+3].[Nd+3]. The molecule has 2 radical (unpaired) electrons. The summed E-state index contributed by atoms with van der Waals surface area (Å²) in [5, 5.41) is 50.0. The molecule has 0 aliphatic heterocycles. The Balaban J connectivity index is -0.0000000270. The van der Waals surface area contributed by atoms with Crippen LogP contribution in [-0.4, -0.2) is 18.5 Å². The first-order valence-corrected chi connectivity index (χ1v) is 1.84. The second kappa shape index (κ2) is 23.4. The molecule has 14 heavy (non-hydrogen) atoms. The number of carbonyl (C=O) groups excluding carboxylic acids is 3. The average molecular weight is 469 g/mol. The van der Waals surface area contributed by atoms with Crippen molar-refractivity contribution in [3.63, 3.8) is 0 Å². The van der Waals surface area contributed by atoms with E-state index in [1.165, 1.54) is 0 Å². The molecule has 9 nitrogen and oxygen atoms in total. The Kier molecular flexibility index (Phi) is 48.9. The third-order valence-corrected chi connectivity index (χ3v) is 0. The van der Waals surface area contributed by atoms with Gasteiger partial charge in [-0.15, -0.1) is 0 Å². The van der Waals surface area contributed by atoms with Crippen molar-refractivity contribution in [3.05, 3.63) is 0 Å². The summed E-state index contributed by atoms with van der Waals surface area (Å²) in [6.07, 6.45) is -7.00. The Morgan fingerprint density at radius 3 is 0.500 bits per heavy atom. The van der Waals surface area contributed by atoms with Gasteiger partial charge in [0, 0.05) is 0 Å². The molecule has 0 amide bonds. The number of rotatable bonds is 0. The van der Waals surface area contributed by atoms with Crippen LogP contribution in [0.3, 0.4) is 0 Å². The zero-order valence-corrected chi connectivity index (χ0v) is 12.6. The number of hydrogen-bond donors (Lipinski definition) is 0. The van der Waals surface area contributed by atoms with Crippen molar-refractivity contribution in [1.29, 1.82) is 0 Å². The molecule has 0 bridgehead atoms. The minimum Gasteiger partial charge on any atom is -0.652 e. The summed E-state index contributed by atoms with van der Waals surface area (Å²) in [6.45, 7) is 0. The second-order valence-corrected chi connectivity index (χ2v) is 0.750. The van der Waals surface area contributed by atoms with Gasteiger partial charge in [-0.3, -0.25) is 0 Å². The molecule has 0 unspecified atom stereocenters. The molecule has 0 aromatic rings. The van der Waals surface area contributed by atoms with Crippen molar-refractivity contribution in [2.24, 2.45) is 0 Å². The fraction of sp³-hybridized carbons (Fsp3) is 0. The largest absolute Gasteiger partial charge is 3.00 e. The maximum atomic E-state index is 8.33. The summed E-state index contributed by atoms with van der Waals surface area (Å²) in [5.74, 6) is 0. The molecule has 0 rings (SSSR count). The van der Waals surface area contributed by atoms with Crippen molar-refractivity contribution in [2.75, 3.05) is 0 Å². The molecule has 74 valence electrons. The van der Waals surface area contributed by atoms with Gasteiger partial charge in [0.15, 0.2) is 0 Å². The molecule has 0 atom stereocenters. The Morgan fingerprint density at radius 1 is 0.500 bits per heavy atom. The van der Waals surface area contributed by atoms with Gasteiger partial charge in [0.05, 0.1) is 0 Å². The Bertz CT molecular complexity index is 116. The summed E-state index contributed by atoms with van der Waals surface area (Å²) in [4.78, 5) is 25.0. The summed E-state index contributed by atoms with van der Waals surface area (Å²) < 4.78 is 0. The molecule has 0 saturated heterocycles. The van der Waals surface area contributed by atoms with Crippen molar-refractivity contribution in [2.45, 2.75) is 0 Å². The van der Waals surface area contributed by atoms with Gasteiger partial charge in [-0.2, -0.15) is 0 Å². The van der Waals surface area contributed by atoms with Gasteiger partial charge in [-0.25, -0.2) is 0 Å². The molecule has 0 spiro atoms. The van der Waals surface area contributed by atoms with Gasteiger partial charge in [0.1, 0.15) is 0 Å². The fourth-order valence-corrected chi connectivity index (χ4v) is 0. The normalized spacial score (nSPS) is 5.14. The van der Waals surface area contributed by atoms with Gasteiger partial charge in [-0.1, -0.05) is 0 Å². The van der Waals surface area contributed by atoms with E-state index in [-0.39, 0.29) is 81.7 Å². The van der Waals surface area contributed by atoms with E-state index in [0.717, 1.165) is 0 Å². The first-order valence-electron chi connectivity index (χ1n) is 1.84. The van der Waals surface area contributed by atoms with Crippen LogP contribution in [0.2, 0.25) is 0 Å². The molecule has 0 N–H and O–H groups in total. The molecule has 0 heterocycles. The van der Waals surface area contributed by atoms with Crippen LogP contribution < -0.4 is 30.6 Å². The first kappa shape index (κ1) is 29.3. The van der Waals surface area contributed by atoms with Gasteiger partial charge < -0.3 is 45.0 Å². The molecule has 0 aliphatic rings. The summed E-state index contributed by atoms with van der Waals surface area (Å²) in [5.41, 5.74) is 0. The van der Waals surface area contributed by atoms with E-state index in [2.05, 4.69) is 0 Å². The molecule has 0 saturated carbocycles. The first-order chi connectivity index (χ1) is 5.20. The van der Waals surface area contributed by atoms with E-state index in [9.17, 15) is 0 Å². The van der Waals surface area contributed by atoms with Crippen molar-refractivity contribution < 1.29 is 127 Å². The minimum absolute atomic E-state index is 0. The zero-order valence-electron chi connectivity index (χ0n) is 6.17. The molecule has 0 fully saturated rings. The predicted octanol–water partition coefficient (Wildman–Crippen LogP) is -7.34. The topological polar surface area (TPSA) is 190 Å². The van der Waals surface area contributed by atoms with Gasteiger partial charge in [0.2, 0.25) is 0 Å². The Labute approximate surface area is 143 Å². The van der Waals surface area contributed by atoms with Crippen LogP contribution in [0, 0.1) is 81.7 Å². The monoisotopic (exact) mass is 464 g/mol.